The predicted octanol–water partition coefficient (Wildman–Crippen LogP) is 3.96. The Morgan fingerprint density at radius 3 is 2.66 bits per heavy atom. The topological polar surface area (TPSA) is 76.1 Å². The summed E-state index contributed by atoms with van der Waals surface area (Å²) in [5.74, 6) is 0.341. The normalized spacial score (nSPS) is 16.0. The van der Waals surface area contributed by atoms with Crippen molar-refractivity contribution in [2.45, 2.75) is 25.7 Å². The van der Waals surface area contributed by atoms with Crippen LogP contribution in [0.1, 0.15) is 24.1 Å². The van der Waals surface area contributed by atoms with Gasteiger partial charge >= 0.3 is 0 Å². The van der Waals surface area contributed by atoms with Gasteiger partial charge in [0.25, 0.3) is 5.56 Å². The number of aromatic nitrogens is 2. The van der Waals surface area contributed by atoms with Crippen molar-refractivity contribution in [3.63, 3.8) is 0 Å². The molecule has 4 rings (SSSR count). The number of rotatable bonds is 4. The Morgan fingerprint density at radius 1 is 1.17 bits per heavy atom. The molecule has 29 heavy (non-hydrogen) atoms. The van der Waals surface area contributed by atoms with Crippen molar-refractivity contribution >= 4 is 23.2 Å². The van der Waals surface area contributed by atoms with Crippen LogP contribution in [0.2, 0.25) is 5.02 Å². The van der Waals surface area contributed by atoms with E-state index in [1.54, 1.807) is 30.0 Å². The van der Waals surface area contributed by atoms with E-state index >= 15 is 0 Å². The summed E-state index contributed by atoms with van der Waals surface area (Å²) in [7, 11) is 1.55. The van der Waals surface area contributed by atoms with Crippen LogP contribution in [-0.4, -0.2) is 22.8 Å². The highest BCUT2D eigenvalue weighted by Crippen LogP contribution is 2.28. The summed E-state index contributed by atoms with van der Waals surface area (Å²) in [4.78, 5) is 25.6. The number of aromatic amines is 1. The monoisotopic (exact) mass is 411 g/mol. The number of hydrogen-bond donors (Lipinski definition) is 2. The van der Waals surface area contributed by atoms with Gasteiger partial charge in [0, 0.05) is 22.9 Å². The van der Waals surface area contributed by atoms with Crippen LogP contribution in [-0.2, 0) is 17.6 Å². The van der Waals surface area contributed by atoms with Gasteiger partial charge in [-0.2, -0.15) is 0 Å². The quantitative estimate of drug-likeness (QED) is 0.638. The van der Waals surface area contributed by atoms with E-state index in [0.29, 0.717) is 42.1 Å². The van der Waals surface area contributed by atoms with Crippen molar-refractivity contribution < 1.29 is 9.53 Å². The molecule has 0 aliphatic heterocycles. The molecule has 3 aromatic rings. The zero-order chi connectivity index (χ0) is 20.4. The molecular formula is C22H22ClN3O3. The molecule has 1 aromatic heterocycles. The van der Waals surface area contributed by atoms with Crippen LogP contribution in [0, 0.1) is 5.92 Å². The Kier molecular flexibility index (Phi) is 5.45. The second-order valence-corrected chi connectivity index (χ2v) is 7.57. The number of halogens is 1. The molecule has 0 bridgehead atoms. The highest BCUT2D eigenvalue weighted by molar-refractivity contribution is 6.32. The molecule has 2 N–H and O–H groups in total. The van der Waals surface area contributed by atoms with Gasteiger partial charge in [0.2, 0.25) is 5.91 Å². The fraction of sp³-hybridized carbons (Fsp3) is 0.273. The Balaban J connectivity index is 1.47. The standard InChI is InChI=1S/C22H22ClN3O3/c1-29-20-12-9-15(13-18(20)23)24-21(27)14-7-10-17-19(11-8-14)25-26(22(17)28)16-5-3-2-4-6-16/h2-6,9,12-14,25H,7-8,10-11H2,1H3,(H,24,27). The Morgan fingerprint density at radius 2 is 1.93 bits per heavy atom. The van der Waals surface area contributed by atoms with Crippen LogP contribution in [0.3, 0.4) is 0 Å². The van der Waals surface area contributed by atoms with E-state index in [1.807, 2.05) is 30.3 Å². The maximum atomic E-state index is 12.8. The number of amides is 1. The highest BCUT2D eigenvalue weighted by atomic mass is 35.5. The van der Waals surface area contributed by atoms with E-state index in [0.717, 1.165) is 16.9 Å². The van der Waals surface area contributed by atoms with Gasteiger partial charge in [-0.1, -0.05) is 29.8 Å². The number of carbonyl (C=O) groups is 1. The summed E-state index contributed by atoms with van der Waals surface area (Å²) < 4.78 is 6.73. The number of nitrogens with zero attached hydrogens (tertiary/aromatic N) is 1. The minimum absolute atomic E-state index is 0.0332. The first kappa shape index (κ1) is 19.3. The van der Waals surface area contributed by atoms with Crippen molar-refractivity contribution in [1.82, 2.24) is 9.78 Å². The molecule has 0 fully saturated rings. The van der Waals surface area contributed by atoms with Crippen molar-refractivity contribution in [3.8, 4) is 11.4 Å². The number of fused-ring (bicyclic) bond motifs is 1. The molecule has 0 saturated heterocycles. The summed E-state index contributed by atoms with van der Waals surface area (Å²) in [6, 6.07) is 14.7. The maximum absolute atomic E-state index is 12.8. The molecule has 150 valence electrons. The minimum atomic E-state index is -0.166. The lowest BCUT2D eigenvalue weighted by atomic mass is 9.98. The van der Waals surface area contributed by atoms with Crippen LogP contribution in [0.5, 0.6) is 5.75 Å². The van der Waals surface area contributed by atoms with Gasteiger partial charge in [0.05, 0.1) is 17.8 Å². The molecule has 7 heteroatoms. The fourth-order valence-corrected chi connectivity index (χ4v) is 4.03. The smallest absolute Gasteiger partial charge is 0.274 e. The molecule has 1 aliphatic carbocycles. The second-order valence-electron chi connectivity index (χ2n) is 7.16. The lowest BCUT2D eigenvalue weighted by Gasteiger charge is -2.15. The zero-order valence-electron chi connectivity index (χ0n) is 16.1. The van der Waals surface area contributed by atoms with E-state index in [9.17, 15) is 9.59 Å². The summed E-state index contributed by atoms with van der Waals surface area (Å²) >= 11 is 6.14. The minimum Gasteiger partial charge on any atom is -0.495 e. The molecule has 0 saturated carbocycles. The maximum Gasteiger partial charge on any atom is 0.274 e. The Labute approximate surface area is 173 Å². The molecule has 1 unspecified atom stereocenters. The van der Waals surface area contributed by atoms with Crippen molar-refractivity contribution in [2.75, 3.05) is 12.4 Å². The molecule has 6 nitrogen and oxygen atoms in total. The van der Waals surface area contributed by atoms with Crippen LogP contribution < -0.4 is 15.6 Å². The summed E-state index contributed by atoms with van der Waals surface area (Å²) in [6.45, 7) is 0. The summed E-state index contributed by atoms with van der Waals surface area (Å²) in [5.41, 5.74) is 3.11. The van der Waals surface area contributed by atoms with E-state index in [1.165, 1.54) is 0 Å². The van der Waals surface area contributed by atoms with Gasteiger partial charge in [-0.15, -0.1) is 0 Å². The lowest BCUT2D eigenvalue weighted by Crippen LogP contribution is -2.24. The lowest BCUT2D eigenvalue weighted by molar-refractivity contribution is -0.120. The Hall–Kier alpha value is -2.99. The Bertz CT molecular complexity index is 1090. The zero-order valence-corrected chi connectivity index (χ0v) is 16.8. The number of para-hydroxylation sites is 1. The number of carbonyl (C=O) groups excluding carboxylic acids is 1. The average molecular weight is 412 g/mol. The van der Waals surface area contributed by atoms with Gasteiger partial charge < -0.3 is 10.1 Å². The van der Waals surface area contributed by atoms with Crippen LogP contribution in [0.4, 0.5) is 5.69 Å². The largest absolute Gasteiger partial charge is 0.495 e. The second kappa shape index (κ2) is 8.17. The SMILES string of the molecule is COc1ccc(NC(=O)C2CCc3[nH]n(-c4ccccc4)c(=O)c3CC2)cc1Cl. The first-order valence-corrected chi connectivity index (χ1v) is 9.97. The van der Waals surface area contributed by atoms with Crippen LogP contribution in [0.15, 0.2) is 53.3 Å². The van der Waals surface area contributed by atoms with E-state index in [2.05, 4.69) is 10.4 Å². The number of nitrogens with one attached hydrogen (secondary N) is 2. The molecule has 2 aromatic carbocycles. The van der Waals surface area contributed by atoms with E-state index < -0.39 is 0 Å². The van der Waals surface area contributed by atoms with Gasteiger partial charge in [-0.25, -0.2) is 4.68 Å². The van der Waals surface area contributed by atoms with Gasteiger partial charge in [0.1, 0.15) is 5.75 Å². The number of ether oxygens (including phenoxy) is 1. The predicted molar refractivity (Wildman–Crippen MR) is 113 cm³/mol. The van der Waals surface area contributed by atoms with Crippen molar-refractivity contribution in [2.24, 2.45) is 5.92 Å². The van der Waals surface area contributed by atoms with Crippen molar-refractivity contribution in [1.29, 1.82) is 0 Å². The summed E-state index contributed by atoms with van der Waals surface area (Å²) in [5, 5.41) is 6.61. The van der Waals surface area contributed by atoms with Gasteiger partial charge in [-0.3, -0.25) is 14.7 Å². The van der Waals surface area contributed by atoms with E-state index in [4.69, 9.17) is 16.3 Å². The van der Waals surface area contributed by atoms with Gasteiger partial charge in [0.15, 0.2) is 0 Å². The van der Waals surface area contributed by atoms with Crippen LogP contribution in [0.25, 0.3) is 5.69 Å². The molecule has 0 spiro atoms. The number of H-pyrrole nitrogens is 1. The first-order valence-electron chi connectivity index (χ1n) is 9.59. The molecular weight excluding hydrogens is 390 g/mol. The van der Waals surface area contributed by atoms with Crippen LogP contribution >= 0.6 is 11.6 Å². The molecule has 1 heterocycles. The number of anilines is 1. The molecule has 0 radical (unpaired) electrons. The fourth-order valence-electron chi connectivity index (χ4n) is 3.77. The average Bonchev–Trinajstić information content (AvgIpc) is 2.90. The highest BCUT2D eigenvalue weighted by Gasteiger charge is 2.26. The number of methoxy groups -OCH3 is 1. The summed E-state index contributed by atoms with van der Waals surface area (Å²) in [6.07, 6.45) is 2.54. The molecule has 1 amide bonds. The molecule has 1 atom stereocenters. The number of hydrogen-bond acceptors (Lipinski definition) is 3. The first-order chi connectivity index (χ1) is 14.1. The number of benzene rings is 2. The van der Waals surface area contributed by atoms with E-state index in [-0.39, 0.29) is 17.4 Å². The molecule has 1 aliphatic rings. The number of aryl methyl sites for hydroxylation is 1. The van der Waals surface area contributed by atoms with Crippen molar-refractivity contribution in [3.05, 3.63) is 75.2 Å². The third-order valence-corrected chi connectivity index (χ3v) is 5.66. The van der Waals surface area contributed by atoms with Gasteiger partial charge in [-0.05, 0) is 56.0 Å². The third-order valence-electron chi connectivity index (χ3n) is 5.36. The third kappa shape index (κ3) is 3.93.